The summed E-state index contributed by atoms with van der Waals surface area (Å²) >= 11 is 0. The zero-order valence-electron chi connectivity index (χ0n) is 24.8. The van der Waals surface area contributed by atoms with E-state index < -0.39 is 11.6 Å². The monoisotopic (exact) mass is 607 g/mol. The molecule has 4 heterocycles. The Balaban J connectivity index is 1.24. The van der Waals surface area contributed by atoms with E-state index in [0.717, 1.165) is 25.8 Å². The molecule has 0 bridgehead atoms. The molecular weight excluding hydrogens is 576 g/mol. The Morgan fingerprint density at radius 3 is 2.64 bits per heavy atom. The lowest BCUT2D eigenvalue weighted by molar-refractivity contribution is -0.122. The number of fused-ring (bicyclic) bond motifs is 2. The van der Waals surface area contributed by atoms with Crippen LogP contribution in [0.15, 0.2) is 61.1 Å². The Bertz CT molecular complexity index is 2050. The molecule has 228 valence electrons. The number of hydrogen-bond donors (Lipinski definition) is 4. The number of nitrogens with one attached hydrogen (secondary N) is 4. The van der Waals surface area contributed by atoms with Crippen LogP contribution in [0.1, 0.15) is 19.3 Å². The van der Waals surface area contributed by atoms with Gasteiger partial charge in [-0.15, -0.1) is 0 Å². The van der Waals surface area contributed by atoms with Crippen LogP contribution >= 0.6 is 0 Å². The first-order chi connectivity index (χ1) is 21.8. The second-order valence-electron chi connectivity index (χ2n) is 11.6. The number of pyridine rings is 2. The van der Waals surface area contributed by atoms with E-state index in [4.69, 9.17) is 4.98 Å². The van der Waals surface area contributed by atoms with Crippen molar-refractivity contribution in [1.82, 2.24) is 35.0 Å². The molecule has 0 radical (unpaired) electrons. The summed E-state index contributed by atoms with van der Waals surface area (Å²) in [6.45, 7) is 1.45. The van der Waals surface area contributed by atoms with Crippen LogP contribution in [0.4, 0.5) is 20.2 Å². The van der Waals surface area contributed by atoms with Crippen LogP contribution in [0.2, 0.25) is 0 Å². The quantitative estimate of drug-likeness (QED) is 0.154. The van der Waals surface area contributed by atoms with Gasteiger partial charge in [0.15, 0.2) is 11.6 Å². The number of aromatic nitrogens is 6. The summed E-state index contributed by atoms with van der Waals surface area (Å²) in [5.74, 6) is -0.464. The minimum absolute atomic E-state index is 0.0206. The van der Waals surface area contributed by atoms with Crippen molar-refractivity contribution in [2.24, 2.45) is 5.92 Å². The number of anilines is 2. The number of benzene rings is 2. The highest BCUT2D eigenvalue weighted by Crippen LogP contribution is 2.35. The number of nitrogens with zero attached hydrogens (tertiary/aromatic N) is 5. The van der Waals surface area contributed by atoms with Crippen molar-refractivity contribution in [3.63, 3.8) is 0 Å². The Morgan fingerprint density at radius 1 is 1.00 bits per heavy atom. The smallest absolute Gasteiger partial charge is 0.227 e. The Morgan fingerprint density at radius 2 is 1.84 bits per heavy atom. The van der Waals surface area contributed by atoms with Gasteiger partial charge in [-0.3, -0.25) is 19.9 Å². The van der Waals surface area contributed by atoms with E-state index >= 15 is 4.39 Å². The van der Waals surface area contributed by atoms with Crippen molar-refractivity contribution in [3.05, 3.63) is 72.7 Å². The molecule has 1 aliphatic rings. The lowest BCUT2D eigenvalue weighted by atomic mass is 9.85. The SMILES string of the molecule is CN(C)CCNc1cc(F)cc(-c2nccc3[nH]c(-c4[nH]nc5c(F)cc(-c6cncc(NC(=O)C7CCC7)c6)cc45)nc23)c1. The van der Waals surface area contributed by atoms with Crippen LogP contribution in [0.5, 0.6) is 0 Å². The average Bonchev–Trinajstić information content (AvgIpc) is 3.60. The van der Waals surface area contributed by atoms with Gasteiger partial charge in [0.2, 0.25) is 5.91 Å². The van der Waals surface area contributed by atoms with Gasteiger partial charge in [0.1, 0.15) is 22.5 Å². The third kappa shape index (κ3) is 5.72. The maximum Gasteiger partial charge on any atom is 0.227 e. The topological polar surface area (TPSA) is 128 Å². The average molecular weight is 608 g/mol. The predicted octanol–water partition coefficient (Wildman–Crippen LogP) is 6.22. The minimum Gasteiger partial charge on any atom is -0.384 e. The number of hydrogen-bond acceptors (Lipinski definition) is 7. The molecule has 10 nitrogen and oxygen atoms in total. The Labute approximate surface area is 257 Å². The van der Waals surface area contributed by atoms with Crippen LogP contribution in [0.25, 0.3) is 55.8 Å². The number of H-pyrrole nitrogens is 2. The number of carbonyl (C=O) groups is 1. The second kappa shape index (κ2) is 11.7. The van der Waals surface area contributed by atoms with Crippen molar-refractivity contribution >= 4 is 39.2 Å². The Hall–Kier alpha value is -5.23. The minimum atomic E-state index is -0.513. The van der Waals surface area contributed by atoms with Crippen LogP contribution < -0.4 is 10.6 Å². The number of carbonyl (C=O) groups excluding carboxylic acids is 1. The lowest BCUT2D eigenvalue weighted by Gasteiger charge is -2.24. The summed E-state index contributed by atoms with van der Waals surface area (Å²) in [7, 11) is 3.95. The molecule has 1 aliphatic carbocycles. The van der Waals surface area contributed by atoms with Crippen LogP contribution in [-0.2, 0) is 4.79 Å². The molecule has 45 heavy (non-hydrogen) atoms. The number of aromatic amines is 2. The van der Waals surface area contributed by atoms with Gasteiger partial charge >= 0.3 is 0 Å². The van der Waals surface area contributed by atoms with Crippen molar-refractivity contribution in [2.45, 2.75) is 19.3 Å². The van der Waals surface area contributed by atoms with Gasteiger partial charge in [0, 0.05) is 53.6 Å². The molecule has 1 fully saturated rings. The molecule has 1 amide bonds. The standard InChI is InChI=1S/C33H31F2N9O/c1-44(2)9-8-37-23-11-20(10-22(34)15-23)28-31-27(6-7-38-28)40-32(41-31)30-25-13-19(14-26(35)29(25)42-43-30)21-12-24(17-36-16-21)39-33(45)18-4-3-5-18/h6-7,10-18,37H,3-5,8-9H2,1-2H3,(H,39,45)(H,40,41)(H,42,43). The summed E-state index contributed by atoms with van der Waals surface area (Å²) < 4.78 is 30.1. The van der Waals surface area contributed by atoms with E-state index in [1.54, 1.807) is 30.7 Å². The summed E-state index contributed by atoms with van der Waals surface area (Å²) in [6, 6.07) is 11.5. The van der Waals surface area contributed by atoms with Crippen LogP contribution in [-0.4, -0.2) is 68.1 Å². The van der Waals surface area contributed by atoms with Crippen LogP contribution in [0, 0.1) is 17.6 Å². The third-order valence-corrected chi connectivity index (χ3v) is 8.12. The first-order valence-electron chi connectivity index (χ1n) is 14.8. The predicted molar refractivity (Wildman–Crippen MR) is 171 cm³/mol. The van der Waals surface area contributed by atoms with Gasteiger partial charge in [-0.05, 0) is 75.0 Å². The zero-order chi connectivity index (χ0) is 31.1. The molecule has 12 heteroatoms. The van der Waals surface area contributed by atoms with Crippen molar-refractivity contribution < 1.29 is 13.6 Å². The maximum absolute atomic E-state index is 15.4. The fourth-order valence-corrected chi connectivity index (χ4v) is 5.52. The summed E-state index contributed by atoms with van der Waals surface area (Å²) in [5, 5.41) is 13.9. The first kappa shape index (κ1) is 28.5. The molecule has 0 aliphatic heterocycles. The molecule has 4 aromatic heterocycles. The van der Waals surface area contributed by atoms with E-state index in [1.807, 2.05) is 31.1 Å². The highest BCUT2D eigenvalue weighted by Gasteiger charge is 2.25. The number of amides is 1. The molecule has 7 rings (SSSR count). The highest BCUT2D eigenvalue weighted by molar-refractivity contribution is 5.98. The normalized spacial score (nSPS) is 13.4. The second-order valence-corrected chi connectivity index (χ2v) is 11.6. The van der Waals surface area contributed by atoms with Gasteiger partial charge in [0.25, 0.3) is 0 Å². The molecule has 6 aromatic rings. The lowest BCUT2D eigenvalue weighted by Crippen LogP contribution is -2.28. The third-order valence-electron chi connectivity index (χ3n) is 8.12. The number of imidazole rings is 1. The molecule has 0 unspecified atom stereocenters. The van der Waals surface area contributed by atoms with Gasteiger partial charge < -0.3 is 20.5 Å². The molecule has 0 atom stereocenters. The van der Waals surface area contributed by atoms with Crippen molar-refractivity contribution in [1.29, 1.82) is 0 Å². The molecule has 0 saturated heterocycles. The number of rotatable bonds is 9. The largest absolute Gasteiger partial charge is 0.384 e. The van der Waals surface area contributed by atoms with E-state index in [-0.39, 0.29) is 17.3 Å². The highest BCUT2D eigenvalue weighted by atomic mass is 19.1. The summed E-state index contributed by atoms with van der Waals surface area (Å²) in [4.78, 5) is 31.4. The molecule has 4 N–H and O–H groups in total. The van der Waals surface area contributed by atoms with Crippen molar-refractivity contribution in [3.8, 4) is 33.9 Å². The van der Waals surface area contributed by atoms with Crippen LogP contribution in [0.3, 0.4) is 0 Å². The van der Waals surface area contributed by atoms with Crippen molar-refractivity contribution in [2.75, 3.05) is 37.8 Å². The fourth-order valence-electron chi connectivity index (χ4n) is 5.52. The van der Waals surface area contributed by atoms with Gasteiger partial charge in [0.05, 0.1) is 23.1 Å². The van der Waals surface area contributed by atoms with E-state index in [9.17, 15) is 9.18 Å². The Kier molecular flexibility index (Phi) is 7.42. The molecule has 0 spiro atoms. The maximum atomic E-state index is 15.4. The molecule has 2 aromatic carbocycles. The van der Waals surface area contributed by atoms with E-state index in [2.05, 4.69) is 35.8 Å². The molecular formula is C33H31F2N9O. The molecule has 1 saturated carbocycles. The van der Waals surface area contributed by atoms with E-state index in [1.165, 1.54) is 18.2 Å². The van der Waals surface area contributed by atoms with Gasteiger partial charge in [-0.1, -0.05) is 6.42 Å². The summed E-state index contributed by atoms with van der Waals surface area (Å²) in [5.41, 5.74) is 5.37. The van der Waals surface area contributed by atoms with Gasteiger partial charge in [-0.2, -0.15) is 5.10 Å². The fraction of sp³-hybridized carbons (Fsp3) is 0.242. The zero-order valence-corrected chi connectivity index (χ0v) is 24.8. The van der Waals surface area contributed by atoms with E-state index in [0.29, 0.717) is 68.2 Å². The number of halogens is 2. The first-order valence-corrected chi connectivity index (χ1v) is 14.8. The van der Waals surface area contributed by atoms with Gasteiger partial charge in [-0.25, -0.2) is 13.8 Å². The summed E-state index contributed by atoms with van der Waals surface area (Å²) in [6.07, 6.45) is 7.69. The number of likely N-dealkylation sites (N-methyl/N-ethyl adjacent to an activating group) is 1.